The summed E-state index contributed by atoms with van der Waals surface area (Å²) >= 11 is 0. The van der Waals surface area contributed by atoms with Crippen molar-refractivity contribution in [3.8, 4) is 0 Å². The minimum absolute atomic E-state index is 0.150. The maximum atomic E-state index is 5.28. The van der Waals surface area contributed by atoms with E-state index in [1.165, 1.54) is 10.9 Å². The molecule has 0 atom stereocenters. The van der Waals surface area contributed by atoms with E-state index in [-0.39, 0.29) is 5.41 Å². The molecule has 2 aromatic heterocycles. The number of ether oxygens (including phenoxy) is 1. The molecule has 3 heterocycles. The highest BCUT2D eigenvalue weighted by Crippen LogP contribution is 2.33. The van der Waals surface area contributed by atoms with Gasteiger partial charge in [-0.1, -0.05) is 20.8 Å². The lowest BCUT2D eigenvalue weighted by Crippen LogP contribution is -2.30. The molecule has 2 aromatic rings. The number of aromatic nitrogens is 2. The van der Waals surface area contributed by atoms with Gasteiger partial charge in [0.25, 0.3) is 0 Å². The maximum absolute atomic E-state index is 5.28. The highest BCUT2D eigenvalue weighted by Gasteiger charge is 2.26. The standard InChI is InChI=1S/C14H18N2O/c1-14(2,3)12-7-16(10-8-17-9-10)13-11(12)5-4-6-15-13/h4-7,10H,8-9H2,1-3H3. The maximum Gasteiger partial charge on any atom is 0.140 e. The Morgan fingerprint density at radius 2 is 2.12 bits per heavy atom. The molecule has 3 rings (SSSR count). The van der Waals surface area contributed by atoms with Crippen LogP contribution >= 0.6 is 0 Å². The van der Waals surface area contributed by atoms with Crippen molar-refractivity contribution in [1.29, 1.82) is 0 Å². The zero-order valence-corrected chi connectivity index (χ0v) is 10.6. The Morgan fingerprint density at radius 1 is 1.35 bits per heavy atom. The van der Waals surface area contributed by atoms with E-state index in [0.29, 0.717) is 6.04 Å². The van der Waals surface area contributed by atoms with Crippen molar-refractivity contribution in [2.45, 2.75) is 32.2 Å². The number of hydrogen-bond donors (Lipinski definition) is 0. The quantitative estimate of drug-likeness (QED) is 0.753. The van der Waals surface area contributed by atoms with Crippen molar-refractivity contribution in [2.24, 2.45) is 0 Å². The van der Waals surface area contributed by atoms with Crippen LogP contribution in [0, 0.1) is 0 Å². The van der Waals surface area contributed by atoms with Crippen molar-refractivity contribution >= 4 is 11.0 Å². The molecule has 0 spiro atoms. The normalized spacial score (nSPS) is 17.4. The fourth-order valence-corrected chi connectivity index (χ4v) is 2.34. The molecular formula is C14H18N2O. The van der Waals surface area contributed by atoms with Crippen LogP contribution in [0.15, 0.2) is 24.5 Å². The molecule has 0 amide bonds. The van der Waals surface area contributed by atoms with Crippen LogP contribution in [0.3, 0.4) is 0 Å². The fourth-order valence-electron chi connectivity index (χ4n) is 2.34. The number of rotatable bonds is 1. The van der Waals surface area contributed by atoms with E-state index in [4.69, 9.17) is 4.74 Å². The zero-order valence-electron chi connectivity index (χ0n) is 10.6. The second kappa shape index (κ2) is 3.57. The second-order valence-corrected chi connectivity index (χ2v) is 5.77. The van der Waals surface area contributed by atoms with Crippen LogP contribution in [-0.4, -0.2) is 22.8 Å². The number of nitrogens with zero attached hydrogens (tertiary/aromatic N) is 2. The summed E-state index contributed by atoms with van der Waals surface area (Å²) in [6.07, 6.45) is 4.12. The summed E-state index contributed by atoms with van der Waals surface area (Å²) in [6.45, 7) is 8.36. The van der Waals surface area contributed by atoms with Gasteiger partial charge in [0, 0.05) is 17.8 Å². The Balaban J connectivity index is 2.23. The van der Waals surface area contributed by atoms with Gasteiger partial charge in [-0.25, -0.2) is 4.98 Å². The Kier molecular flexibility index (Phi) is 2.26. The van der Waals surface area contributed by atoms with Gasteiger partial charge in [0.2, 0.25) is 0 Å². The topological polar surface area (TPSA) is 27.1 Å². The molecule has 1 aliphatic heterocycles. The van der Waals surface area contributed by atoms with Gasteiger partial charge < -0.3 is 9.30 Å². The van der Waals surface area contributed by atoms with Crippen LogP contribution in [-0.2, 0) is 10.2 Å². The minimum Gasteiger partial charge on any atom is -0.377 e. The summed E-state index contributed by atoms with van der Waals surface area (Å²) in [6, 6.07) is 4.64. The van der Waals surface area contributed by atoms with Gasteiger partial charge in [0.1, 0.15) is 5.65 Å². The van der Waals surface area contributed by atoms with E-state index in [1.54, 1.807) is 0 Å². The first kappa shape index (κ1) is 10.8. The van der Waals surface area contributed by atoms with Crippen molar-refractivity contribution in [3.05, 3.63) is 30.1 Å². The van der Waals surface area contributed by atoms with Gasteiger partial charge >= 0.3 is 0 Å². The summed E-state index contributed by atoms with van der Waals surface area (Å²) < 4.78 is 7.56. The van der Waals surface area contributed by atoms with Crippen LogP contribution in [0.25, 0.3) is 11.0 Å². The number of hydrogen-bond acceptors (Lipinski definition) is 2. The predicted molar refractivity (Wildman–Crippen MR) is 68.3 cm³/mol. The molecule has 0 bridgehead atoms. The van der Waals surface area contributed by atoms with Crippen LogP contribution in [0.2, 0.25) is 0 Å². The van der Waals surface area contributed by atoms with E-state index in [2.05, 4.69) is 42.6 Å². The Morgan fingerprint density at radius 3 is 2.71 bits per heavy atom. The largest absolute Gasteiger partial charge is 0.377 e. The van der Waals surface area contributed by atoms with Gasteiger partial charge in [-0.2, -0.15) is 0 Å². The third kappa shape index (κ3) is 1.65. The van der Waals surface area contributed by atoms with E-state index < -0.39 is 0 Å². The third-order valence-electron chi connectivity index (χ3n) is 3.41. The smallest absolute Gasteiger partial charge is 0.140 e. The van der Waals surface area contributed by atoms with Gasteiger partial charge in [-0.05, 0) is 23.1 Å². The molecule has 0 saturated carbocycles. The van der Waals surface area contributed by atoms with E-state index >= 15 is 0 Å². The van der Waals surface area contributed by atoms with Crippen molar-refractivity contribution in [3.63, 3.8) is 0 Å². The summed E-state index contributed by atoms with van der Waals surface area (Å²) in [4.78, 5) is 4.53. The SMILES string of the molecule is CC(C)(C)c1cn(C2COC2)c2ncccc12. The molecule has 0 radical (unpaired) electrons. The summed E-state index contributed by atoms with van der Waals surface area (Å²) in [5.74, 6) is 0. The van der Waals surface area contributed by atoms with Crippen molar-refractivity contribution < 1.29 is 4.74 Å². The van der Waals surface area contributed by atoms with Crippen molar-refractivity contribution in [1.82, 2.24) is 9.55 Å². The van der Waals surface area contributed by atoms with Crippen LogP contribution < -0.4 is 0 Å². The van der Waals surface area contributed by atoms with E-state index in [0.717, 1.165) is 18.9 Å². The molecule has 0 aromatic carbocycles. The molecule has 0 unspecified atom stereocenters. The van der Waals surface area contributed by atoms with Gasteiger partial charge in [0.05, 0.1) is 19.3 Å². The molecule has 17 heavy (non-hydrogen) atoms. The van der Waals surface area contributed by atoms with Gasteiger partial charge in [0.15, 0.2) is 0 Å². The predicted octanol–water partition coefficient (Wildman–Crippen LogP) is 2.91. The summed E-state index contributed by atoms with van der Waals surface area (Å²) in [5, 5.41) is 1.27. The molecule has 0 N–H and O–H groups in total. The summed E-state index contributed by atoms with van der Waals surface area (Å²) in [7, 11) is 0. The third-order valence-corrected chi connectivity index (χ3v) is 3.41. The second-order valence-electron chi connectivity index (χ2n) is 5.77. The van der Waals surface area contributed by atoms with Gasteiger partial charge in [-0.15, -0.1) is 0 Å². The minimum atomic E-state index is 0.150. The molecular weight excluding hydrogens is 212 g/mol. The molecule has 3 heteroatoms. The van der Waals surface area contributed by atoms with E-state index in [1.807, 2.05) is 12.3 Å². The lowest BCUT2D eigenvalue weighted by atomic mass is 9.87. The lowest BCUT2D eigenvalue weighted by molar-refractivity contribution is -0.0216. The van der Waals surface area contributed by atoms with Crippen LogP contribution in [0.5, 0.6) is 0 Å². The highest BCUT2D eigenvalue weighted by molar-refractivity contribution is 5.81. The molecule has 1 aliphatic rings. The molecule has 0 aliphatic carbocycles. The lowest BCUT2D eigenvalue weighted by Gasteiger charge is -2.28. The molecule has 1 saturated heterocycles. The molecule has 90 valence electrons. The fraction of sp³-hybridized carbons (Fsp3) is 0.500. The Bertz CT molecular complexity index is 547. The van der Waals surface area contributed by atoms with Crippen LogP contribution in [0.4, 0.5) is 0 Å². The van der Waals surface area contributed by atoms with Crippen molar-refractivity contribution in [2.75, 3.05) is 13.2 Å². The van der Waals surface area contributed by atoms with E-state index in [9.17, 15) is 0 Å². The average molecular weight is 230 g/mol. The van der Waals surface area contributed by atoms with Gasteiger partial charge in [-0.3, -0.25) is 0 Å². The van der Waals surface area contributed by atoms with Crippen LogP contribution in [0.1, 0.15) is 32.4 Å². The average Bonchev–Trinajstić information content (AvgIpc) is 2.55. The monoisotopic (exact) mass is 230 g/mol. The first-order valence-corrected chi connectivity index (χ1v) is 6.11. The Labute approximate surface area is 101 Å². The highest BCUT2D eigenvalue weighted by atomic mass is 16.5. The number of pyridine rings is 1. The molecule has 1 fully saturated rings. The first-order chi connectivity index (χ1) is 8.07. The Hall–Kier alpha value is -1.35. The summed E-state index contributed by atoms with van der Waals surface area (Å²) in [5.41, 5.74) is 2.61. The molecule has 3 nitrogen and oxygen atoms in total. The first-order valence-electron chi connectivity index (χ1n) is 6.11. The zero-order chi connectivity index (χ0) is 12.0. The number of fused-ring (bicyclic) bond motifs is 1.